The average molecular weight is 356 g/mol. The van der Waals surface area contributed by atoms with Crippen molar-refractivity contribution >= 4 is 17.3 Å². The van der Waals surface area contributed by atoms with E-state index in [0.717, 1.165) is 6.08 Å². The number of carbonyl (C=O) groups is 3. The lowest BCUT2D eigenvalue weighted by molar-refractivity contribution is -0.171. The highest BCUT2D eigenvalue weighted by molar-refractivity contribution is 6.31. The maximum atomic E-state index is 13.0. The lowest BCUT2D eigenvalue weighted by atomic mass is 9.57. The van der Waals surface area contributed by atoms with Crippen LogP contribution >= 0.6 is 0 Å². The summed E-state index contributed by atoms with van der Waals surface area (Å²) >= 11 is 0. The predicted octanol–water partition coefficient (Wildman–Crippen LogP) is 0.214. The van der Waals surface area contributed by atoms with Crippen molar-refractivity contribution in [3.05, 3.63) is 52.1 Å². The number of Topliss-reactive ketones (excluding diaryl/α,β-unsaturated/α-hetero) is 2. The highest BCUT2D eigenvalue weighted by atomic mass is 16.4. The van der Waals surface area contributed by atoms with Crippen molar-refractivity contribution in [1.82, 2.24) is 0 Å². The van der Waals surface area contributed by atoms with Gasteiger partial charge in [0.1, 0.15) is 11.4 Å². The summed E-state index contributed by atoms with van der Waals surface area (Å²) in [7, 11) is 0. The molecule has 0 bridgehead atoms. The molecule has 0 aliphatic heterocycles. The third-order valence-electron chi connectivity index (χ3n) is 5.46. The second kappa shape index (κ2) is 4.97. The zero-order chi connectivity index (χ0) is 19.0. The Bertz CT molecular complexity index is 970. The number of fused-ring (bicyclic) bond motifs is 3. The number of aromatic hydroxyl groups is 1. The van der Waals surface area contributed by atoms with Gasteiger partial charge in [-0.1, -0.05) is 17.7 Å². The highest BCUT2D eigenvalue weighted by Crippen LogP contribution is 2.51. The molecular formula is C19H16O7. The van der Waals surface area contributed by atoms with Crippen molar-refractivity contribution in [1.29, 1.82) is 0 Å². The molecule has 1 aromatic carbocycles. The van der Waals surface area contributed by atoms with Gasteiger partial charge in [0.25, 0.3) is 0 Å². The Kier molecular flexibility index (Phi) is 3.22. The maximum Gasteiger partial charge on any atom is 0.196 e. The molecule has 0 saturated carbocycles. The van der Waals surface area contributed by atoms with Gasteiger partial charge in [-0.2, -0.15) is 0 Å². The molecule has 4 N–H and O–H groups in total. The van der Waals surface area contributed by atoms with Crippen LogP contribution in [0.25, 0.3) is 0 Å². The molecule has 3 atom stereocenters. The first-order chi connectivity index (χ1) is 12.1. The van der Waals surface area contributed by atoms with Gasteiger partial charge in [0, 0.05) is 24.0 Å². The Hall–Kier alpha value is -2.61. The minimum atomic E-state index is -2.63. The van der Waals surface area contributed by atoms with Crippen LogP contribution in [0.3, 0.4) is 0 Å². The van der Waals surface area contributed by atoms with Crippen molar-refractivity contribution in [2.75, 3.05) is 0 Å². The molecule has 3 aliphatic carbocycles. The number of hydrogen-bond acceptors (Lipinski definition) is 7. The lowest BCUT2D eigenvalue weighted by Gasteiger charge is -2.51. The molecule has 0 aromatic heterocycles. The van der Waals surface area contributed by atoms with Gasteiger partial charge < -0.3 is 20.4 Å². The fourth-order valence-corrected chi connectivity index (χ4v) is 4.35. The first kappa shape index (κ1) is 16.8. The molecule has 7 nitrogen and oxygen atoms in total. The first-order valence-corrected chi connectivity index (χ1v) is 8.12. The quantitative estimate of drug-likeness (QED) is 0.522. The number of carbonyl (C=O) groups excluding carboxylic acids is 3. The van der Waals surface area contributed by atoms with Gasteiger partial charge in [-0.25, -0.2) is 0 Å². The number of aliphatic hydroxyl groups excluding tert-OH is 1. The summed E-state index contributed by atoms with van der Waals surface area (Å²) in [4.78, 5) is 38.6. The Morgan fingerprint density at radius 1 is 1.12 bits per heavy atom. The van der Waals surface area contributed by atoms with Gasteiger partial charge in [0.15, 0.2) is 23.0 Å². The number of ketones is 3. The molecule has 4 rings (SSSR count). The maximum absolute atomic E-state index is 13.0. The molecular weight excluding hydrogens is 340 g/mol. The summed E-state index contributed by atoms with van der Waals surface area (Å²) in [6, 6.07) is 3.87. The molecule has 0 spiro atoms. The summed E-state index contributed by atoms with van der Waals surface area (Å²) < 4.78 is 0. The molecule has 0 heterocycles. The molecule has 3 aliphatic rings. The third kappa shape index (κ3) is 1.79. The van der Waals surface area contributed by atoms with Crippen LogP contribution in [0.15, 0.2) is 41.0 Å². The van der Waals surface area contributed by atoms with Gasteiger partial charge in [0.2, 0.25) is 0 Å². The minimum absolute atomic E-state index is 0.128. The van der Waals surface area contributed by atoms with E-state index < -0.39 is 58.0 Å². The number of rotatable bonds is 0. The normalized spacial score (nSPS) is 33.5. The highest BCUT2D eigenvalue weighted by Gasteiger charge is 2.65. The summed E-state index contributed by atoms with van der Waals surface area (Å²) in [6.45, 7) is 1.59. The van der Waals surface area contributed by atoms with E-state index in [1.165, 1.54) is 18.2 Å². The van der Waals surface area contributed by atoms with Crippen LogP contribution in [-0.2, 0) is 4.79 Å². The van der Waals surface area contributed by atoms with E-state index in [9.17, 15) is 34.8 Å². The topological polar surface area (TPSA) is 132 Å². The van der Waals surface area contributed by atoms with E-state index in [4.69, 9.17) is 0 Å². The average Bonchev–Trinajstić information content (AvgIpc) is 2.54. The van der Waals surface area contributed by atoms with E-state index in [2.05, 4.69) is 0 Å². The van der Waals surface area contributed by atoms with Crippen LogP contribution in [0.1, 0.15) is 40.5 Å². The largest absolute Gasteiger partial charge is 0.507 e. The third-order valence-corrected chi connectivity index (χ3v) is 5.46. The summed E-state index contributed by atoms with van der Waals surface area (Å²) in [5.41, 5.74) is -5.75. The molecule has 1 aromatic rings. The van der Waals surface area contributed by atoms with E-state index in [1.807, 2.05) is 0 Å². The number of phenols is 1. The van der Waals surface area contributed by atoms with E-state index in [-0.39, 0.29) is 17.5 Å². The zero-order valence-corrected chi connectivity index (χ0v) is 13.8. The summed E-state index contributed by atoms with van der Waals surface area (Å²) in [6.07, 6.45) is -1.04. The van der Waals surface area contributed by atoms with Crippen LogP contribution in [0.2, 0.25) is 0 Å². The van der Waals surface area contributed by atoms with E-state index in [0.29, 0.717) is 5.57 Å². The first-order valence-electron chi connectivity index (χ1n) is 8.12. The van der Waals surface area contributed by atoms with Crippen LogP contribution in [0, 0.1) is 0 Å². The van der Waals surface area contributed by atoms with Gasteiger partial charge in [-0.05, 0) is 19.1 Å². The smallest absolute Gasteiger partial charge is 0.196 e. The summed E-state index contributed by atoms with van der Waals surface area (Å²) in [5, 5.41) is 42.6. The second-order valence-corrected chi connectivity index (χ2v) is 7.14. The summed E-state index contributed by atoms with van der Waals surface area (Å²) in [5.74, 6) is -3.05. The zero-order valence-electron chi connectivity index (χ0n) is 13.8. The van der Waals surface area contributed by atoms with Crippen molar-refractivity contribution in [2.24, 2.45) is 0 Å². The lowest BCUT2D eigenvalue weighted by Crippen LogP contribution is -2.67. The molecule has 3 unspecified atom stereocenters. The molecule has 0 saturated heterocycles. The standard InChI is InChI=1S/C19H16O7/c1-8-5-12(22)19(26)15-14(11(21)7-18(19,25)6-8)17(24)13-9(16(15)23)3-2-4-10(13)20/h2-5,11,20-21,25-26H,6-7H2,1H3. The fourth-order valence-electron chi connectivity index (χ4n) is 4.35. The second-order valence-electron chi connectivity index (χ2n) is 7.14. The molecule has 0 radical (unpaired) electrons. The van der Waals surface area contributed by atoms with Crippen LogP contribution in [0.4, 0.5) is 0 Å². The SMILES string of the molecule is CC1=CC(=O)C2(O)C3=C(C(=O)c4c(O)cccc4C3=O)C(O)CC2(O)C1. The Morgan fingerprint density at radius 3 is 2.50 bits per heavy atom. The molecule has 26 heavy (non-hydrogen) atoms. The molecule has 0 amide bonds. The van der Waals surface area contributed by atoms with Crippen molar-refractivity contribution in [2.45, 2.75) is 37.1 Å². The van der Waals surface area contributed by atoms with Crippen molar-refractivity contribution in [3.8, 4) is 5.75 Å². The van der Waals surface area contributed by atoms with Gasteiger partial charge in [-0.15, -0.1) is 0 Å². The molecule has 7 heteroatoms. The Balaban J connectivity index is 2.06. The van der Waals surface area contributed by atoms with Gasteiger partial charge in [-0.3, -0.25) is 14.4 Å². The Labute approximate surface area is 147 Å². The molecule has 0 fully saturated rings. The van der Waals surface area contributed by atoms with Crippen molar-refractivity contribution in [3.63, 3.8) is 0 Å². The van der Waals surface area contributed by atoms with E-state index in [1.54, 1.807) is 6.92 Å². The molecule has 134 valence electrons. The van der Waals surface area contributed by atoms with Crippen LogP contribution < -0.4 is 0 Å². The van der Waals surface area contributed by atoms with Crippen LogP contribution in [-0.4, -0.2) is 55.1 Å². The monoisotopic (exact) mass is 356 g/mol. The number of aliphatic hydroxyl groups is 3. The van der Waals surface area contributed by atoms with Gasteiger partial charge >= 0.3 is 0 Å². The van der Waals surface area contributed by atoms with E-state index >= 15 is 0 Å². The number of phenolic OH excluding ortho intramolecular Hbond substituents is 1. The van der Waals surface area contributed by atoms with Gasteiger partial charge in [0.05, 0.1) is 17.2 Å². The predicted molar refractivity (Wildman–Crippen MR) is 87.7 cm³/mol. The fraction of sp³-hybridized carbons (Fsp3) is 0.316. The minimum Gasteiger partial charge on any atom is -0.507 e. The Morgan fingerprint density at radius 2 is 1.81 bits per heavy atom. The number of benzene rings is 1. The van der Waals surface area contributed by atoms with Crippen LogP contribution in [0.5, 0.6) is 5.75 Å². The number of hydrogen-bond donors (Lipinski definition) is 4. The van der Waals surface area contributed by atoms with Crippen molar-refractivity contribution < 1.29 is 34.8 Å².